The maximum Gasteiger partial charge on any atom is 0.251 e. The number of nitrogens with zero attached hydrogens (tertiary/aromatic N) is 1. The lowest BCUT2D eigenvalue weighted by atomic mass is 9.95. The van der Waals surface area contributed by atoms with Crippen molar-refractivity contribution in [2.75, 3.05) is 35.0 Å². The van der Waals surface area contributed by atoms with Gasteiger partial charge in [-0.25, -0.2) is 0 Å². The van der Waals surface area contributed by atoms with Crippen LogP contribution in [0.15, 0.2) is 42.5 Å². The van der Waals surface area contributed by atoms with Crippen molar-refractivity contribution in [2.24, 2.45) is 0 Å². The number of carbonyl (C=O) groups excluding carboxylic acids is 1. The standard InChI is InChI=1S/C29H43ClN4O4S.ClH/c1-2-31-25-17-22(18-26(19-25)34-13-6-7-14-39(34,37)38)29(36)33-27(16-21-9-8-10-23(30)15-21)28(35)20-32-24-11-4-3-5-12-24;/h8-10,15,17-19,24,27-28,31-32,35,37-38H,2-7,11-14,16,20H2,1H3,(H,33,36);1H/t27-,28+;/m0./s1. The minimum absolute atomic E-state index is 0. The molecule has 1 saturated heterocycles. The van der Waals surface area contributed by atoms with Gasteiger partial charge in [-0.05, 0) is 74.9 Å². The summed E-state index contributed by atoms with van der Waals surface area (Å²) in [5.41, 5.74) is 2.65. The Hall–Kier alpha value is -1.72. The van der Waals surface area contributed by atoms with Crippen molar-refractivity contribution in [1.82, 2.24) is 10.6 Å². The lowest BCUT2D eigenvalue weighted by Gasteiger charge is -2.47. The Morgan fingerprint density at radius 2 is 1.88 bits per heavy atom. The van der Waals surface area contributed by atoms with E-state index in [0.29, 0.717) is 54.1 Å². The first-order chi connectivity index (χ1) is 18.7. The number of hydrogen-bond acceptors (Lipinski definition) is 7. The van der Waals surface area contributed by atoms with E-state index in [4.69, 9.17) is 11.6 Å². The summed E-state index contributed by atoms with van der Waals surface area (Å²) in [6.07, 6.45) is 7.09. The Balaban J connectivity index is 0.00000441. The van der Waals surface area contributed by atoms with Crippen LogP contribution >= 0.6 is 34.8 Å². The van der Waals surface area contributed by atoms with Crippen molar-refractivity contribution < 1.29 is 19.0 Å². The van der Waals surface area contributed by atoms with Crippen molar-refractivity contribution in [3.8, 4) is 0 Å². The SMILES string of the molecule is CCNc1cc(C(=O)N[C@@H](Cc2cccc(Cl)c2)[C@H](O)CNC2CCCCC2)cc(N2CCCCS2(O)O)c1.Cl. The number of amides is 1. The average Bonchev–Trinajstić information content (AvgIpc) is 2.91. The fraction of sp³-hybridized carbons (Fsp3) is 0.552. The third-order valence-corrected chi connectivity index (χ3v) is 9.75. The minimum Gasteiger partial charge on any atom is -0.390 e. The highest BCUT2D eigenvalue weighted by Gasteiger charge is 2.29. The van der Waals surface area contributed by atoms with Crippen molar-refractivity contribution >= 4 is 52.1 Å². The molecule has 0 bridgehead atoms. The zero-order chi connectivity index (χ0) is 27.8. The van der Waals surface area contributed by atoms with Crippen LogP contribution in [-0.2, 0) is 6.42 Å². The van der Waals surface area contributed by atoms with Gasteiger partial charge in [0, 0.05) is 41.9 Å². The fourth-order valence-electron chi connectivity index (χ4n) is 5.49. The molecule has 11 heteroatoms. The summed E-state index contributed by atoms with van der Waals surface area (Å²) in [6, 6.07) is 12.6. The van der Waals surface area contributed by atoms with Crippen molar-refractivity contribution in [3.05, 3.63) is 58.6 Å². The normalized spacial score (nSPS) is 19.7. The van der Waals surface area contributed by atoms with Gasteiger partial charge in [-0.15, -0.1) is 23.2 Å². The second-order valence-corrected chi connectivity index (χ2v) is 13.2. The van der Waals surface area contributed by atoms with Gasteiger partial charge in [0.15, 0.2) is 0 Å². The summed E-state index contributed by atoms with van der Waals surface area (Å²) >= 11 is 6.22. The van der Waals surface area contributed by atoms with Gasteiger partial charge >= 0.3 is 0 Å². The lowest BCUT2D eigenvalue weighted by molar-refractivity contribution is 0.0821. The van der Waals surface area contributed by atoms with Gasteiger partial charge in [0.2, 0.25) is 0 Å². The smallest absolute Gasteiger partial charge is 0.251 e. The van der Waals surface area contributed by atoms with E-state index < -0.39 is 22.9 Å². The molecule has 1 heterocycles. The van der Waals surface area contributed by atoms with Crippen LogP contribution < -0.4 is 20.3 Å². The molecule has 1 amide bonds. The van der Waals surface area contributed by atoms with E-state index in [1.54, 1.807) is 22.5 Å². The fourth-order valence-corrected chi connectivity index (χ4v) is 7.38. The molecule has 2 fully saturated rings. The molecule has 2 atom stereocenters. The zero-order valence-corrected chi connectivity index (χ0v) is 25.5. The largest absolute Gasteiger partial charge is 0.390 e. The van der Waals surface area contributed by atoms with Gasteiger partial charge in [0.25, 0.3) is 5.91 Å². The molecular weight excluding hydrogens is 571 g/mol. The number of hydrogen-bond donors (Lipinski definition) is 6. The van der Waals surface area contributed by atoms with Crippen molar-refractivity contribution in [2.45, 2.75) is 76.5 Å². The van der Waals surface area contributed by atoms with Crippen LogP contribution in [0.2, 0.25) is 5.02 Å². The highest BCUT2D eigenvalue weighted by Crippen LogP contribution is 2.50. The molecular formula is C29H44Cl2N4O4S. The number of aliphatic hydroxyl groups is 1. The van der Waals surface area contributed by atoms with Crippen LogP contribution in [0.4, 0.5) is 11.4 Å². The van der Waals surface area contributed by atoms with Gasteiger partial charge in [-0.1, -0.05) is 43.0 Å². The predicted molar refractivity (Wildman–Crippen MR) is 169 cm³/mol. The first-order valence-corrected chi connectivity index (χ1v) is 16.2. The number of rotatable bonds is 11. The summed E-state index contributed by atoms with van der Waals surface area (Å²) < 4.78 is 23.0. The second kappa shape index (κ2) is 15.5. The number of aliphatic hydroxyl groups excluding tert-OH is 1. The molecule has 0 radical (unpaired) electrons. The molecule has 0 unspecified atom stereocenters. The summed E-state index contributed by atoms with van der Waals surface area (Å²) in [7, 11) is -2.94. The first-order valence-electron chi connectivity index (χ1n) is 14.1. The summed E-state index contributed by atoms with van der Waals surface area (Å²) in [4.78, 5) is 13.6. The molecule has 0 spiro atoms. The summed E-state index contributed by atoms with van der Waals surface area (Å²) in [5, 5.41) is 21.7. The van der Waals surface area contributed by atoms with Crippen LogP contribution in [0.5, 0.6) is 0 Å². The molecule has 224 valence electrons. The second-order valence-electron chi connectivity index (χ2n) is 10.7. The highest BCUT2D eigenvalue weighted by molar-refractivity contribution is 8.25. The molecule has 4 rings (SSSR count). The molecule has 8 nitrogen and oxygen atoms in total. The molecule has 2 aromatic carbocycles. The number of carbonyl (C=O) groups is 1. The van der Waals surface area contributed by atoms with Crippen LogP contribution in [-0.4, -0.2) is 63.7 Å². The Morgan fingerprint density at radius 3 is 2.58 bits per heavy atom. The quantitative estimate of drug-likeness (QED) is 0.181. The van der Waals surface area contributed by atoms with E-state index >= 15 is 0 Å². The number of halogens is 2. The van der Waals surface area contributed by atoms with E-state index in [1.807, 2.05) is 31.2 Å². The molecule has 1 saturated carbocycles. The van der Waals surface area contributed by atoms with Crippen molar-refractivity contribution in [3.63, 3.8) is 0 Å². The van der Waals surface area contributed by atoms with Gasteiger partial charge in [-0.3, -0.25) is 18.2 Å². The van der Waals surface area contributed by atoms with E-state index in [9.17, 15) is 19.0 Å². The van der Waals surface area contributed by atoms with Gasteiger partial charge in [-0.2, -0.15) is 0 Å². The average molecular weight is 616 g/mol. The molecule has 1 aliphatic heterocycles. The summed E-state index contributed by atoms with van der Waals surface area (Å²) in [6.45, 7) is 3.52. The number of nitrogens with one attached hydrogen (secondary N) is 3. The van der Waals surface area contributed by atoms with E-state index in [0.717, 1.165) is 36.9 Å². The molecule has 40 heavy (non-hydrogen) atoms. The van der Waals surface area contributed by atoms with E-state index in [2.05, 4.69) is 16.0 Å². The molecule has 2 aliphatic rings. The topological polar surface area (TPSA) is 117 Å². The minimum atomic E-state index is -2.94. The predicted octanol–water partition coefficient (Wildman–Crippen LogP) is 6.08. The molecule has 1 aliphatic carbocycles. The van der Waals surface area contributed by atoms with Gasteiger partial charge < -0.3 is 21.1 Å². The van der Waals surface area contributed by atoms with Crippen LogP contribution in [0.3, 0.4) is 0 Å². The van der Waals surface area contributed by atoms with Gasteiger partial charge in [0.1, 0.15) is 0 Å². The van der Waals surface area contributed by atoms with Gasteiger partial charge in [0.05, 0.1) is 23.6 Å². The lowest BCUT2D eigenvalue weighted by Crippen LogP contribution is -2.50. The maximum absolute atomic E-state index is 13.6. The molecule has 2 aromatic rings. The Kier molecular flexibility index (Phi) is 12.7. The third kappa shape index (κ3) is 9.14. The van der Waals surface area contributed by atoms with Crippen LogP contribution in [0, 0.1) is 0 Å². The number of benzene rings is 2. The van der Waals surface area contributed by atoms with E-state index in [1.165, 1.54) is 19.3 Å². The number of anilines is 2. The third-order valence-electron chi connectivity index (χ3n) is 7.58. The highest BCUT2D eigenvalue weighted by atomic mass is 35.5. The summed E-state index contributed by atoms with van der Waals surface area (Å²) in [5.74, 6) is -0.00442. The van der Waals surface area contributed by atoms with Crippen molar-refractivity contribution in [1.29, 1.82) is 0 Å². The molecule has 6 N–H and O–H groups in total. The van der Waals surface area contributed by atoms with Crippen LogP contribution in [0.1, 0.15) is 67.8 Å². The zero-order valence-electron chi connectivity index (χ0n) is 23.2. The van der Waals surface area contributed by atoms with Crippen LogP contribution in [0.25, 0.3) is 0 Å². The monoisotopic (exact) mass is 614 g/mol. The maximum atomic E-state index is 13.6. The first kappa shape index (κ1) is 32.8. The Bertz CT molecular complexity index is 1100. The molecule has 0 aromatic heterocycles. The Labute approximate surface area is 251 Å². The Morgan fingerprint density at radius 1 is 1.10 bits per heavy atom. The van der Waals surface area contributed by atoms with E-state index in [-0.39, 0.29) is 18.3 Å².